The van der Waals surface area contributed by atoms with Gasteiger partial charge >= 0.3 is 7.12 Å². The standard InChI is InChI=1S/C18H24BClO4S/c1-11-7-15(20)9-13(16(11)22)8-14(10-25-12(2)21)19-23-17(3,4)18(5,6)24-19/h7-9,22H,10H2,1-6H3. The molecule has 0 spiro atoms. The first-order chi connectivity index (χ1) is 11.4. The second kappa shape index (κ2) is 7.35. The summed E-state index contributed by atoms with van der Waals surface area (Å²) in [4.78, 5) is 11.4. The van der Waals surface area contributed by atoms with Crippen LogP contribution in [0.15, 0.2) is 17.6 Å². The van der Waals surface area contributed by atoms with Gasteiger partial charge in [0.25, 0.3) is 0 Å². The Balaban J connectivity index is 2.42. The van der Waals surface area contributed by atoms with Crippen LogP contribution < -0.4 is 0 Å². The van der Waals surface area contributed by atoms with E-state index in [1.54, 1.807) is 25.1 Å². The average molecular weight is 383 g/mol. The molecule has 0 saturated carbocycles. The molecule has 0 aromatic heterocycles. The topological polar surface area (TPSA) is 55.8 Å². The fraction of sp³-hybridized carbons (Fsp3) is 0.500. The number of carbonyl (C=O) groups excluding carboxylic acids is 1. The van der Waals surface area contributed by atoms with Crippen LogP contribution in [-0.4, -0.2) is 34.3 Å². The summed E-state index contributed by atoms with van der Waals surface area (Å²) in [7, 11) is -0.587. The number of hydrogen-bond donors (Lipinski definition) is 1. The van der Waals surface area contributed by atoms with Crippen LogP contribution >= 0.6 is 23.4 Å². The van der Waals surface area contributed by atoms with Crippen molar-refractivity contribution >= 4 is 41.7 Å². The maximum absolute atomic E-state index is 11.4. The SMILES string of the molecule is CC(=O)SCC(=Cc1cc(Cl)cc(C)c1O)B1OC(C)(C)C(C)(C)O1. The van der Waals surface area contributed by atoms with Gasteiger partial charge in [-0.15, -0.1) is 0 Å². The Morgan fingerprint density at radius 2 is 1.84 bits per heavy atom. The van der Waals surface area contributed by atoms with Crippen molar-refractivity contribution < 1.29 is 19.2 Å². The molecule has 136 valence electrons. The number of phenolic OH excluding ortho intramolecular Hbond substituents is 1. The average Bonchev–Trinajstić information content (AvgIpc) is 2.68. The summed E-state index contributed by atoms with van der Waals surface area (Å²) in [6, 6.07) is 3.39. The fourth-order valence-corrected chi connectivity index (χ4v) is 3.30. The molecule has 1 aromatic carbocycles. The van der Waals surface area contributed by atoms with Crippen molar-refractivity contribution in [2.24, 2.45) is 0 Å². The van der Waals surface area contributed by atoms with Gasteiger partial charge in [-0.25, -0.2) is 0 Å². The highest BCUT2D eigenvalue weighted by Gasteiger charge is 2.52. The summed E-state index contributed by atoms with van der Waals surface area (Å²) in [5.41, 5.74) is 1.08. The van der Waals surface area contributed by atoms with Gasteiger partial charge in [0.2, 0.25) is 0 Å². The Kier molecular flexibility index (Phi) is 5.99. The maximum Gasteiger partial charge on any atom is 0.491 e. The van der Waals surface area contributed by atoms with E-state index in [-0.39, 0.29) is 10.9 Å². The Morgan fingerprint density at radius 1 is 1.28 bits per heavy atom. The van der Waals surface area contributed by atoms with E-state index in [9.17, 15) is 9.90 Å². The minimum atomic E-state index is -0.587. The van der Waals surface area contributed by atoms with E-state index in [1.165, 1.54) is 18.7 Å². The summed E-state index contributed by atoms with van der Waals surface area (Å²) < 4.78 is 12.2. The molecule has 1 heterocycles. The van der Waals surface area contributed by atoms with Crippen LogP contribution in [0.1, 0.15) is 45.7 Å². The van der Waals surface area contributed by atoms with Crippen LogP contribution in [0.2, 0.25) is 5.02 Å². The second-order valence-electron chi connectivity index (χ2n) is 7.25. The van der Waals surface area contributed by atoms with Crippen LogP contribution in [0.4, 0.5) is 0 Å². The Morgan fingerprint density at radius 3 is 2.36 bits per heavy atom. The van der Waals surface area contributed by atoms with Gasteiger partial charge in [0, 0.05) is 23.3 Å². The van der Waals surface area contributed by atoms with E-state index in [0.717, 1.165) is 5.47 Å². The molecule has 1 fully saturated rings. The maximum atomic E-state index is 11.4. The van der Waals surface area contributed by atoms with Gasteiger partial charge in [-0.3, -0.25) is 4.79 Å². The Bertz CT molecular complexity index is 699. The van der Waals surface area contributed by atoms with Crippen molar-refractivity contribution in [1.82, 2.24) is 0 Å². The number of rotatable bonds is 4. The molecule has 1 aliphatic heterocycles. The lowest BCUT2D eigenvalue weighted by molar-refractivity contribution is -0.109. The predicted octanol–water partition coefficient (Wildman–Crippen LogP) is 4.65. The normalized spacial score (nSPS) is 19.3. The van der Waals surface area contributed by atoms with Gasteiger partial charge in [-0.1, -0.05) is 29.4 Å². The third-order valence-electron chi connectivity index (χ3n) is 4.63. The molecule has 2 rings (SSSR count). The molecule has 25 heavy (non-hydrogen) atoms. The number of carbonyl (C=O) groups is 1. The number of thioether (sulfide) groups is 1. The van der Waals surface area contributed by atoms with Gasteiger partial charge in [0.05, 0.1) is 11.2 Å². The number of aromatic hydroxyl groups is 1. The van der Waals surface area contributed by atoms with Crippen LogP contribution in [0.3, 0.4) is 0 Å². The number of aryl methyl sites for hydroxylation is 1. The van der Waals surface area contributed by atoms with Gasteiger partial charge in [0.1, 0.15) is 5.75 Å². The lowest BCUT2D eigenvalue weighted by Crippen LogP contribution is -2.41. The van der Waals surface area contributed by atoms with Gasteiger partial charge < -0.3 is 14.4 Å². The zero-order valence-corrected chi connectivity index (χ0v) is 17.0. The summed E-state index contributed by atoms with van der Waals surface area (Å²) in [5, 5.41) is 10.9. The zero-order chi connectivity index (χ0) is 19.0. The van der Waals surface area contributed by atoms with Crippen LogP contribution in [-0.2, 0) is 14.1 Å². The highest BCUT2D eigenvalue weighted by atomic mass is 35.5. The number of phenols is 1. The molecule has 1 saturated heterocycles. The number of hydrogen-bond acceptors (Lipinski definition) is 5. The van der Waals surface area contributed by atoms with E-state index in [1.807, 2.05) is 27.7 Å². The molecule has 0 bridgehead atoms. The highest BCUT2D eigenvalue weighted by molar-refractivity contribution is 8.13. The Labute approximate surface area is 159 Å². The van der Waals surface area contributed by atoms with E-state index in [4.69, 9.17) is 20.9 Å². The third kappa shape index (κ3) is 4.62. The van der Waals surface area contributed by atoms with Crippen molar-refractivity contribution in [1.29, 1.82) is 0 Å². The first-order valence-electron chi connectivity index (χ1n) is 8.11. The molecular weight excluding hydrogens is 359 g/mol. The third-order valence-corrected chi connectivity index (χ3v) is 5.74. The molecule has 0 radical (unpaired) electrons. The summed E-state index contributed by atoms with van der Waals surface area (Å²) in [6.45, 7) is 11.2. The summed E-state index contributed by atoms with van der Waals surface area (Å²) in [5.74, 6) is 0.572. The monoisotopic (exact) mass is 382 g/mol. The fourth-order valence-electron chi connectivity index (χ4n) is 2.43. The summed E-state index contributed by atoms with van der Waals surface area (Å²) in [6.07, 6.45) is 1.80. The highest BCUT2D eigenvalue weighted by Crippen LogP contribution is 2.40. The molecule has 0 unspecified atom stereocenters. The second-order valence-corrected chi connectivity index (χ2v) is 8.84. The van der Waals surface area contributed by atoms with Crippen LogP contribution in [0.5, 0.6) is 5.75 Å². The van der Waals surface area contributed by atoms with Crippen molar-refractivity contribution in [2.75, 3.05) is 5.75 Å². The molecule has 0 aliphatic carbocycles. The van der Waals surface area contributed by atoms with Gasteiger partial charge in [-0.05, 0) is 57.8 Å². The predicted molar refractivity (Wildman–Crippen MR) is 105 cm³/mol. The zero-order valence-electron chi connectivity index (χ0n) is 15.5. The van der Waals surface area contributed by atoms with Crippen molar-refractivity contribution in [3.8, 4) is 5.75 Å². The molecule has 1 aliphatic rings. The van der Waals surface area contributed by atoms with Crippen molar-refractivity contribution in [2.45, 2.75) is 52.7 Å². The van der Waals surface area contributed by atoms with Gasteiger partial charge in [-0.2, -0.15) is 0 Å². The van der Waals surface area contributed by atoms with Crippen LogP contribution in [0.25, 0.3) is 6.08 Å². The Hall–Kier alpha value is -0.945. The lowest BCUT2D eigenvalue weighted by atomic mass is 9.78. The minimum absolute atomic E-state index is 0.00825. The minimum Gasteiger partial charge on any atom is -0.507 e. The van der Waals surface area contributed by atoms with E-state index in [2.05, 4.69) is 0 Å². The molecule has 0 atom stereocenters. The first-order valence-corrected chi connectivity index (χ1v) is 9.48. The molecular formula is C18H24BClO4S. The van der Waals surface area contributed by atoms with Crippen LogP contribution in [0, 0.1) is 6.92 Å². The first kappa shape index (κ1) is 20.4. The largest absolute Gasteiger partial charge is 0.507 e. The molecule has 0 amide bonds. The van der Waals surface area contributed by atoms with Gasteiger partial charge in [0.15, 0.2) is 5.12 Å². The summed E-state index contributed by atoms with van der Waals surface area (Å²) >= 11 is 7.30. The number of benzene rings is 1. The molecule has 7 heteroatoms. The van der Waals surface area contributed by atoms with E-state index < -0.39 is 18.3 Å². The molecule has 1 aromatic rings. The smallest absolute Gasteiger partial charge is 0.491 e. The van der Waals surface area contributed by atoms with Crippen molar-refractivity contribution in [3.05, 3.63) is 33.8 Å². The van der Waals surface area contributed by atoms with E-state index in [0.29, 0.717) is 21.9 Å². The molecule has 1 N–H and O–H groups in total. The quantitative estimate of drug-likeness (QED) is 0.768. The van der Waals surface area contributed by atoms with E-state index >= 15 is 0 Å². The number of halogens is 1. The molecule has 4 nitrogen and oxygen atoms in total. The van der Waals surface area contributed by atoms with Crippen molar-refractivity contribution in [3.63, 3.8) is 0 Å². The lowest BCUT2D eigenvalue weighted by Gasteiger charge is -2.32.